The molecule has 0 radical (unpaired) electrons. The summed E-state index contributed by atoms with van der Waals surface area (Å²) in [6, 6.07) is -3.96. The van der Waals surface area contributed by atoms with Gasteiger partial charge in [-0.3, -0.25) is 29.4 Å². The van der Waals surface area contributed by atoms with Gasteiger partial charge in [-0.05, 0) is 71.4 Å². The van der Waals surface area contributed by atoms with E-state index in [4.69, 9.17) is 33.5 Å². The highest BCUT2D eigenvalue weighted by Gasteiger charge is 2.28. The zero-order valence-corrected chi connectivity index (χ0v) is 22.6. The smallest absolute Gasteiger partial charge is 0.322 e. The van der Waals surface area contributed by atoms with Gasteiger partial charge in [0, 0.05) is 6.54 Å². The summed E-state index contributed by atoms with van der Waals surface area (Å²) in [5.74, 6) is -3.90. The Morgan fingerprint density at radius 3 is 1.79 bits per heavy atom. The fraction of sp³-hybridized carbons (Fsp3) is 0.739. The lowest BCUT2D eigenvalue weighted by Gasteiger charge is -2.24. The van der Waals surface area contributed by atoms with Crippen molar-refractivity contribution < 1.29 is 29.1 Å². The minimum Gasteiger partial charge on any atom is -0.480 e. The summed E-state index contributed by atoms with van der Waals surface area (Å²) >= 11 is 0. The molecule has 0 saturated heterocycles. The zero-order chi connectivity index (χ0) is 29.8. The van der Waals surface area contributed by atoms with Crippen molar-refractivity contribution in [3.05, 3.63) is 0 Å². The summed E-state index contributed by atoms with van der Waals surface area (Å²) < 4.78 is 0. The largest absolute Gasteiger partial charge is 0.480 e. The van der Waals surface area contributed by atoms with Gasteiger partial charge in [0.25, 0.3) is 0 Å². The molecule has 15 N–H and O–H groups in total. The molecule has 0 aromatic rings. The topological polar surface area (TPSA) is 294 Å². The Morgan fingerprint density at radius 1 is 0.744 bits per heavy atom. The molecule has 0 aliphatic heterocycles. The fourth-order valence-corrected chi connectivity index (χ4v) is 3.44. The standard InChI is InChI=1S/C23H46N10O6/c1-14(19(36)32-16(8-2-4-10-24)21(38)30-13-18(34)35)31-22(39)17(9-3-5-11-25)33-20(37)15(26)7-6-12-29-23(27)28/h14-17H,2-13,24-26H2,1H3,(H,30,38)(H,31,39)(H,32,36)(H,33,37)(H,34,35)(H4,27,28,29)/t14-,15-,16-,17-/m0/s1. The van der Waals surface area contributed by atoms with Crippen LogP contribution < -0.4 is 49.5 Å². The molecule has 0 fully saturated rings. The van der Waals surface area contributed by atoms with E-state index < -0.39 is 60.3 Å². The van der Waals surface area contributed by atoms with E-state index in [1.807, 2.05) is 0 Å². The third-order valence-electron chi connectivity index (χ3n) is 5.67. The number of carboxylic acid groups (broad SMARTS) is 1. The molecule has 0 heterocycles. The summed E-state index contributed by atoms with van der Waals surface area (Å²) in [6.07, 6.45) is 3.54. The van der Waals surface area contributed by atoms with Crippen LogP contribution >= 0.6 is 0 Å². The number of nitrogens with one attached hydrogen (secondary N) is 6. The van der Waals surface area contributed by atoms with Crippen LogP contribution in [-0.4, -0.2) is 91.0 Å². The van der Waals surface area contributed by atoms with Crippen molar-refractivity contribution in [1.29, 1.82) is 5.41 Å². The SMILES string of the molecule is C[C@H](NC(=O)[C@H](CCCCN)NC(=O)[C@@H](N)CCCNC(=N)N)C(=O)N[C@@H](CCCCN)C(=O)NCC(=O)O. The van der Waals surface area contributed by atoms with E-state index in [1.54, 1.807) is 0 Å². The first-order chi connectivity index (χ1) is 18.4. The Morgan fingerprint density at radius 2 is 1.28 bits per heavy atom. The van der Waals surface area contributed by atoms with Gasteiger partial charge in [0.1, 0.15) is 24.7 Å². The van der Waals surface area contributed by atoms with Crippen LogP contribution in [0.3, 0.4) is 0 Å². The van der Waals surface area contributed by atoms with Crippen molar-refractivity contribution >= 4 is 35.6 Å². The first-order valence-corrected chi connectivity index (χ1v) is 13.1. The molecule has 16 heteroatoms. The Kier molecular flexibility index (Phi) is 18.6. The average molecular weight is 559 g/mol. The summed E-state index contributed by atoms with van der Waals surface area (Å²) in [6.45, 7) is 1.98. The van der Waals surface area contributed by atoms with Crippen molar-refractivity contribution in [2.75, 3.05) is 26.2 Å². The average Bonchev–Trinajstić information content (AvgIpc) is 2.88. The maximum absolute atomic E-state index is 13.0. The molecular formula is C23H46N10O6. The lowest BCUT2D eigenvalue weighted by molar-refractivity contribution is -0.138. The highest BCUT2D eigenvalue weighted by Crippen LogP contribution is 2.05. The first kappa shape index (κ1) is 35.5. The van der Waals surface area contributed by atoms with Crippen LogP contribution in [-0.2, 0) is 24.0 Å². The molecule has 4 atom stereocenters. The Balaban J connectivity index is 5.17. The quantitative estimate of drug-likeness (QED) is 0.0373. The van der Waals surface area contributed by atoms with Gasteiger partial charge in [-0.15, -0.1) is 0 Å². The van der Waals surface area contributed by atoms with Gasteiger partial charge < -0.3 is 54.6 Å². The number of nitrogens with two attached hydrogens (primary N) is 4. The molecule has 39 heavy (non-hydrogen) atoms. The van der Waals surface area contributed by atoms with E-state index in [-0.39, 0.29) is 25.2 Å². The maximum Gasteiger partial charge on any atom is 0.322 e. The maximum atomic E-state index is 13.0. The summed E-state index contributed by atoms with van der Waals surface area (Å²) in [4.78, 5) is 61.5. The van der Waals surface area contributed by atoms with Gasteiger partial charge in [0.05, 0.1) is 6.04 Å². The van der Waals surface area contributed by atoms with E-state index in [9.17, 15) is 24.0 Å². The lowest BCUT2D eigenvalue weighted by atomic mass is 10.1. The van der Waals surface area contributed by atoms with Gasteiger partial charge in [0.15, 0.2) is 5.96 Å². The van der Waals surface area contributed by atoms with E-state index in [0.29, 0.717) is 51.7 Å². The molecular weight excluding hydrogens is 512 g/mol. The number of amides is 4. The van der Waals surface area contributed by atoms with Crippen LogP contribution in [0.5, 0.6) is 0 Å². The fourth-order valence-electron chi connectivity index (χ4n) is 3.44. The van der Waals surface area contributed by atoms with Crippen LogP contribution in [0.1, 0.15) is 58.3 Å². The number of rotatable bonds is 21. The van der Waals surface area contributed by atoms with E-state index >= 15 is 0 Å². The van der Waals surface area contributed by atoms with Crippen LogP contribution in [0.4, 0.5) is 0 Å². The second-order valence-corrected chi connectivity index (χ2v) is 9.12. The van der Waals surface area contributed by atoms with Crippen molar-refractivity contribution in [3.8, 4) is 0 Å². The number of carbonyl (C=O) groups is 5. The van der Waals surface area contributed by atoms with E-state index in [1.165, 1.54) is 6.92 Å². The molecule has 0 rings (SSSR count). The normalized spacial score (nSPS) is 13.7. The number of hydrogen-bond acceptors (Lipinski definition) is 9. The van der Waals surface area contributed by atoms with Gasteiger partial charge >= 0.3 is 5.97 Å². The van der Waals surface area contributed by atoms with Crippen molar-refractivity contribution in [2.24, 2.45) is 22.9 Å². The van der Waals surface area contributed by atoms with Crippen LogP contribution in [0, 0.1) is 5.41 Å². The van der Waals surface area contributed by atoms with Gasteiger partial charge in [-0.1, -0.05) is 0 Å². The number of aliphatic carboxylic acids is 1. The number of carbonyl (C=O) groups excluding carboxylic acids is 4. The predicted octanol–water partition coefficient (Wildman–Crippen LogP) is -3.49. The number of unbranched alkanes of at least 4 members (excludes halogenated alkanes) is 2. The second-order valence-electron chi connectivity index (χ2n) is 9.12. The first-order valence-electron chi connectivity index (χ1n) is 13.1. The molecule has 0 spiro atoms. The van der Waals surface area contributed by atoms with Crippen molar-refractivity contribution in [1.82, 2.24) is 26.6 Å². The Labute approximate surface area is 228 Å². The van der Waals surface area contributed by atoms with Crippen molar-refractivity contribution in [2.45, 2.75) is 82.5 Å². The minimum absolute atomic E-state index is 0.189. The third-order valence-corrected chi connectivity index (χ3v) is 5.67. The lowest BCUT2D eigenvalue weighted by Crippen LogP contribution is -2.57. The van der Waals surface area contributed by atoms with Crippen LogP contribution in [0.25, 0.3) is 0 Å². The number of hydrogen-bond donors (Lipinski definition) is 11. The van der Waals surface area contributed by atoms with Crippen LogP contribution in [0.2, 0.25) is 0 Å². The summed E-state index contributed by atoms with van der Waals surface area (Å²) in [5, 5.41) is 28.5. The molecule has 0 unspecified atom stereocenters. The van der Waals surface area contributed by atoms with Crippen molar-refractivity contribution in [3.63, 3.8) is 0 Å². The van der Waals surface area contributed by atoms with Gasteiger partial charge in [0.2, 0.25) is 23.6 Å². The number of guanidine groups is 1. The molecule has 0 saturated carbocycles. The summed E-state index contributed by atoms with van der Waals surface area (Å²) in [7, 11) is 0. The zero-order valence-electron chi connectivity index (χ0n) is 22.6. The summed E-state index contributed by atoms with van der Waals surface area (Å²) in [5.41, 5.74) is 22.2. The van der Waals surface area contributed by atoms with E-state index in [0.717, 1.165) is 0 Å². The van der Waals surface area contributed by atoms with Gasteiger partial charge in [-0.25, -0.2) is 0 Å². The van der Waals surface area contributed by atoms with Crippen LogP contribution in [0.15, 0.2) is 0 Å². The molecule has 4 amide bonds. The van der Waals surface area contributed by atoms with E-state index in [2.05, 4.69) is 26.6 Å². The predicted molar refractivity (Wildman–Crippen MR) is 145 cm³/mol. The highest BCUT2D eigenvalue weighted by molar-refractivity contribution is 5.95. The monoisotopic (exact) mass is 558 g/mol. The molecule has 0 aromatic carbocycles. The second kappa shape index (κ2) is 20.5. The minimum atomic E-state index is -1.23. The Bertz CT molecular complexity index is 812. The third kappa shape index (κ3) is 16.9. The number of carboxylic acids is 1. The Hall–Kier alpha value is -3.50. The molecule has 0 aliphatic rings. The molecule has 16 nitrogen and oxygen atoms in total. The molecule has 224 valence electrons. The van der Waals surface area contributed by atoms with Gasteiger partial charge in [-0.2, -0.15) is 0 Å². The highest BCUT2D eigenvalue weighted by atomic mass is 16.4. The molecule has 0 aliphatic carbocycles. The molecule has 0 aromatic heterocycles. The molecule has 0 bridgehead atoms.